The van der Waals surface area contributed by atoms with Gasteiger partial charge in [0.2, 0.25) is 0 Å². The number of hydrogen-bond donors (Lipinski definition) is 0. The Bertz CT molecular complexity index is 51.0. The smallest absolute Gasteiger partial charge is 0.000122 e. The Morgan fingerprint density at radius 2 is 1.33 bits per heavy atom. The fourth-order valence-electron chi connectivity index (χ4n) is 0.752. The van der Waals surface area contributed by atoms with Gasteiger partial charge in [-0.25, -0.2) is 0 Å². The largest absolute Gasteiger partial charge is 0.306 e. The molecule has 0 heterocycles. The van der Waals surface area contributed by atoms with Gasteiger partial charge in [-0.2, -0.15) is 0 Å². The highest BCUT2D eigenvalue weighted by molar-refractivity contribution is 4.50. The third-order valence-electron chi connectivity index (χ3n) is 1.22. The van der Waals surface area contributed by atoms with E-state index in [9.17, 15) is 0 Å². The van der Waals surface area contributed by atoms with E-state index in [-0.39, 0.29) is 0 Å². The van der Waals surface area contributed by atoms with Crippen molar-refractivity contribution in [3.8, 4) is 0 Å². The van der Waals surface area contributed by atoms with Gasteiger partial charge in [0.05, 0.1) is 0 Å². The molecular formula is C11H29N. The van der Waals surface area contributed by atoms with Gasteiger partial charge in [-0.3, -0.25) is 0 Å². The minimum atomic E-state index is 0.806. The number of hydrogen-bond acceptors (Lipinski definition) is 1. The predicted octanol–water partition coefficient (Wildman–Crippen LogP) is 3.65. The topological polar surface area (TPSA) is 3.24 Å². The highest BCUT2D eigenvalue weighted by Gasteiger charge is 1.95. The van der Waals surface area contributed by atoms with E-state index in [4.69, 9.17) is 0 Å². The monoisotopic (exact) mass is 175 g/mol. The van der Waals surface area contributed by atoms with Crippen LogP contribution in [0.25, 0.3) is 0 Å². The first-order chi connectivity index (χ1) is 5.66. The zero-order chi connectivity index (χ0) is 10.6. The quantitative estimate of drug-likeness (QED) is 0.633. The van der Waals surface area contributed by atoms with E-state index in [2.05, 4.69) is 32.7 Å². The van der Waals surface area contributed by atoms with Gasteiger partial charge in [-0.1, -0.05) is 48.5 Å². The molecule has 0 fully saturated rings. The first-order valence-corrected chi connectivity index (χ1v) is 5.35. The molecule has 0 aromatic rings. The minimum Gasteiger partial charge on any atom is -0.306 e. The van der Waals surface area contributed by atoms with E-state index in [0.29, 0.717) is 0 Å². The molecule has 0 amide bonds. The maximum atomic E-state index is 2.32. The summed E-state index contributed by atoms with van der Waals surface area (Å²) in [6.07, 6.45) is 0. The van der Waals surface area contributed by atoms with E-state index >= 15 is 0 Å². The molecule has 0 atom stereocenters. The third-order valence-corrected chi connectivity index (χ3v) is 1.22. The Kier molecular flexibility index (Phi) is 25.6. The van der Waals surface area contributed by atoms with Crippen LogP contribution < -0.4 is 0 Å². The maximum absolute atomic E-state index is 2.32. The third kappa shape index (κ3) is 22.5. The second-order valence-electron chi connectivity index (χ2n) is 2.75. The lowest BCUT2D eigenvalue weighted by molar-refractivity contribution is 0.310. The van der Waals surface area contributed by atoms with Gasteiger partial charge in [-0.15, -0.1) is 0 Å². The van der Waals surface area contributed by atoms with Crippen molar-refractivity contribution in [1.29, 1.82) is 0 Å². The molecule has 0 aliphatic carbocycles. The van der Waals surface area contributed by atoms with Crippen LogP contribution in [-0.4, -0.2) is 25.0 Å². The van der Waals surface area contributed by atoms with Crippen LogP contribution in [-0.2, 0) is 0 Å². The summed E-state index contributed by atoms with van der Waals surface area (Å²) in [6, 6.07) is 0. The summed E-state index contributed by atoms with van der Waals surface area (Å²) in [5, 5.41) is 0. The van der Waals surface area contributed by atoms with Crippen molar-refractivity contribution in [2.45, 2.75) is 48.5 Å². The molecule has 12 heavy (non-hydrogen) atoms. The summed E-state index contributed by atoms with van der Waals surface area (Å²) in [5.41, 5.74) is 0. The molecule has 0 aromatic carbocycles. The van der Waals surface area contributed by atoms with Crippen LogP contribution in [0.3, 0.4) is 0 Å². The Hall–Kier alpha value is -0.0400. The Morgan fingerprint density at radius 1 is 1.00 bits per heavy atom. The van der Waals surface area contributed by atoms with Crippen LogP contribution in [0.1, 0.15) is 48.5 Å². The molecule has 1 nitrogen and oxygen atoms in total. The Morgan fingerprint density at radius 3 is 1.42 bits per heavy atom. The average molecular weight is 175 g/mol. The second kappa shape index (κ2) is 17.2. The van der Waals surface area contributed by atoms with Crippen LogP contribution in [0.15, 0.2) is 0 Å². The Labute approximate surface area is 80.2 Å². The Balaban J connectivity index is -0.000000175. The van der Waals surface area contributed by atoms with Gasteiger partial charge in [0.1, 0.15) is 0 Å². The van der Waals surface area contributed by atoms with E-state index in [0.717, 1.165) is 12.5 Å². The average Bonchev–Trinajstić information content (AvgIpc) is 2.10. The van der Waals surface area contributed by atoms with E-state index in [1.54, 1.807) is 0 Å². The lowest BCUT2D eigenvalue weighted by atomic mass is 10.2. The van der Waals surface area contributed by atoms with Crippen LogP contribution in [0.4, 0.5) is 0 Å². The van der Waals surface area contributed by atoms with Gasteiger partial charge in [-0.05, 0) is 19.5 Å². The van der Waals surface area contributed by atoms with Gasteiger partial charge >= 0.3 is 0 Å². The summed E-state index contributed by atoms with van der Waals surface area (Å²) in [6.45, 7) is 17.1. The molecule has 0 aliphatic heterocycles. The van der Waals surface area contributed by atoms with Gasteiger partial charge in [0.15, 0.2) is 0 Å². The summed E-state index contributed by atoms with van der Waals surface area (Å²) in [5.74, 6) is 0.806. The molecule has 0 bridgehead atoms. The molecule has 0 N–H and O–H groups in total. The lowest BCUT2D eigenvalue weighted by Gasteiger charge is -2.15. The molecule has 0 radical (unpaired) electrons. The fourth-order valence-corrected chi connectivity index (χ4v) is 0.752. The first-order valence-electron chi connectivity index (χ1n) is 5.35. The van der Waals surface area contributed by atoms with Crippen LogP contribution in [0, 0.1) is 5.92 Å². The summed E-state index contributed by atoms with van der Waals surface area (Å²) < 4.78 is 0. The number of nitrogens with zero attached hydrogens (tertiary/aromatic N) is 1. The SMILES string of the molecule is CC.CC.CCN(C)CC(C)C. The van der Waals surface area contributed by atoms with Gasteiger partial charge in [0.25, 0.3) is 0 Å². The maximum Gasteiger partial charge on any atom is 0.000122 e. The van der Waals surface area contributed by atoms with Crippen LogP contribution in [0.5, 0.6) is 0 Å². The normalized spacial score (nSPS) is 8.50. The van der Waals surface area contributed by atoms with Crippen molar-refractivity contribution < 1.29 is 0 Å². The first kappa shape index (κ1) is 17.9. The van der Waals surface area contributed by atoms with E-state index in [1.165, 1.54) is 6.54 Å². The molecular weight excluding hydrogens is 146 g/mol. The van der Waals surface area contributed by atoms with E-state index < -0.39 is 0 Å². The molecule has 0 aliphatic rings. The summed E-state index contributed by atoms with van der Waals surface area (Å²) in [4.78, 5) is 2.32. The second-order valence-corrected chi connectivity index (χ2v) is 2.75. The van der Waals surface area contributed by atoms with Crippen molar-refractivity contribution in [1.82, 2.24) is 4.90 Å². The van der Waals surface area contributed by atoms with Crippen molar-refractivity contribution in [2.75, 3.05) is 20.1 Å². The molecule has 0 rings (SSSR count). The molecule has 1 heteroatoms. The molecule has 0 unspecified atom stereocenters. The highest BCUT2D eigenvalue weighted by atomic mass is 15.1. The van der Waals surface area contributed by atoms with Crippen molar-refractivity contribution in [3.05, 3.63) is 0 Å². The molecule has 78 valence electrons. The minimum absolute atomic E-state index is 0.806. The van der Waals surface area contributed by atoms with Crippen molar-refractivity contribution in [3.63, 3.8) is 0 Å². The van der Waals surface area contributed by atoms with E-state index in [1.807, 2.05) is 27.7 Å². The molecule has 0 aromatic heterocycles. The number of rotatable bonds is 3. The zero-order valence-corrected chi connectivity index (χ0v) is 10.4. The van der Waals surface area contributed by atoms with Crippen LogP contribution in [0.2, 0.25) is 0 Å². The van der Waals surface area contributed by atoms with Crippen molar-refractivity contribution >= 4 is 0 Å². The van der Waals surface area contributed by atoms with Gasteiger partial charge in [0, 0.05) is 6.54 Å². The predicted molar refractivity (Wildman–Crippen MR) is 60.7 cm³/mol. The lowest BCUT2D eigenvalue weighted by Crippen LogP contribution is -2.22. The van der Waals surface area contributed by atoms with Gasteiger partial charge < -0.3 is 4.90 Å². The summed E-state index contributed by atoms with van der Waals surface area (Å²) >= 11 is 0. The zero-order valence-electron chi connectivity index (χ0n) is 10.4. The molecule has 0 saturated carbocycles. The fraction of sp³-hybridized carbons (Fsp3) is 1.00. The standard InChI is InChI=1S/C7H17N.2C2H6/c1-5-8(4)6-7(2)3;2*1-2/h7H,5-6H2,1-4H3;2*1-2H3. The van der Waals surface area contributed by atoms with Crippen molar-refractivity contribution in [2.24, 2.45) is 5.92 Å². The molecule has 0 saturated heterocycles. The summed E-state index contributed by atoms with van der Waals surface area (Å²) in [7, 11) is 2.15. The van der Waals surface area contributed by atoms with Crippen LogP contribution >= 0.6 is 0 Å². The molecule has 0 spiro atoms. The highest BCUT2D eigenvalue weighted by Crippen LogP contribution is 1.93.